The first kappa shape index (κ1) is 26.4. The Morgan fingerprint density at radius 2 is 1.82 bits per heavy atom. The number of hydrogen-bond acceptors (Lipinski definition) is 4. The molecule has 0 fully saturated rings. The summed E-state index contributed by atoms with van der Waals surface area (Å²) in [5.74, 6) is 1.17. The molecule has 0 spiro atoms. The standard InChI is InChI=1S/C25H31N5O2.HI/c1-5-26-24(28-16-21-17-32-23(29-21)19-11-7-6-8-12-19)27-15-18-10-9-13-20(14-18)22(31)30-25(2,3)4;/h6-14,17H,5,15-16H2,1-4H3,(H,30,31)(H2,26,27,28);1H. The fraction of sp³-hybridized carbons (Fsp3) is 0.320. The predicted octanol–water partition coefficient (Wildman–Crippen LogP) is 4.74. The smallest absolute Gasteiger partial charge is 0.251 e. The number of rotatable bonds is 7. The van der Waals surface area contributed by atoms with Crippen LogP contribution in [-0.4, -0.2) is 28.9 Å². The Kier molecular flexibility index (Phi) is 9.90. The molecule has 0 bridgehead atoms. The van der Waals surface area contributed by atoms with Gasteiger partial charge in [-0.3, -0.25) is 4.79 Å². The lowest BCUT2D eigenvalue weighted by molar-refractivity contribution is 0.0919. The van der Waals surface area contributed by atoms with E-state index in [1.165, 1.54) is 0 Å². The van der Waals surface area contributed by atoms with Gasteiger partial charge in [0.2, 0.25) is 5.89 Å². The predicted molar refractivity (Wildman–Crippen MR) is 143 cm³/mol. The van der Waals surface area contributed by atoms with Gasteiger partial charge >= 0.3 is 0 Å². The van der Waals surface area contributed by atoms with E-state index in [1.807, 2.05) is 82.3 Å². The van der Waals surface area contributed by atoms with Gasteiger partial charge < -0.3 is 20.4 Å². The van der Waals surface area contributed by atoms with Gasteiger partial charge in [-0.05, 0) is 57.5 Å². The van der Waals surface area contributed by atoms with Crippen LogP contribution in [-0.2, 0) is 13.1 Å². The second-order valence-corrected chi connectivity index (χ2v) is 8.46. The zero-order valence-electron chi connectivity index (χ0n) is 19.5. The van der Waals surface area contributed by atoms with Gasteiger partial charge in [0.15, 0.2) is 5.96 Å². The van der Waals surface area contributed by atoms with Gasteiger partial charge in [0.05, 0.1) is 18.8 Å². The number of oxazole rings is 1. The van der Waals surface area contributed by atoms with Crippen molar-refractivity contribution in [2.75, 3.05) is 6.54 Å². The number of carbonyl (C=O) groups excluding carboxylic acids is 1. The average molecular weight is 561 g/mol. The molecule has 33 heavy (non-hydrogen) atoms. The van der Waals surface area contributed by atoms with Crippen LogP contribution < -0.4 is 16.0 Å². The second-order valence-electron chi connectivity index (χ2n) is 8.46. The molecule has 2 aromatic carbocycles. The molecular formula is C25H32IN5O2. The van der Waals surface area contributed by atoms with Crippen LogP contribution in [0.1, 0.15) is 49.3 Å². The van der Waals surface area contributed by atoms with E-state index in [2.05, 4.69) is 25.9 Å². The molecule has 8 heteroatoms. The molecule has 0 atom stereocenters. The van der Waals surface area contributed by atoms with Crippen molar-refractivity contribution < 1.29 is 9.21 Å². The Morgan fingerprint density at radius 1 is 1.06 bits per heavy atom. The van der Waals surface area contributed by atoms with E-state index in [0.29, 0.717) is 30.5 Å². The Labute approximate surface area is 212 Å². The molecule has 0 aliphatic carbocycles. The number of aromatic nitrogens is 1. The highest BCUT2D eigenvalue weighted by molar-refractivity contribution is 14.0. The Hall–Kier alpha value is -2.88. The van der Waals surface area contributed by atoms with E-state index in [-0.39, 0.29) is 35.4 Å². The van der Waals surface area contributed by atoms with Crippen LogP contribution in [0.4, 0.5) is 0 Å². The highest BCUT2D eigenvalue weighted by Crippen LogP contribution is 2.17. The van der Waals surface area contributed by atoms with Crippen LogP contribution in [0, 0.1) is 0 Å². The summed E-state index contributed by atoms with van der Waals surface area (Å²) in [4.78, 5) is 21.6. The highest BCUT2D eigenvalue weighted by atomic mass is 127. The molecule has 0 radical (unpaired) electrons. The summed E-state index contributed by atoms with van der Waals surface area (Å²) >= 11 is 0. The molecule has 0 unspecified atom stereocenters. The third-order valence-electron chi connectivity index (χ3n) is 4.45. The number of benzene rings is 2. The molecule has 1 heterocycles. The van der Waals surface area contributed by atoms with Gasteiger partial charge in [-0.2, -0.15) is 0 Å². The SMILES string of the molecule is CCNC(=NCc1cccc(C(=O)NC(C)(C)C)c1)NCc1coc(-c2ccccc2)n1.I. The third-order valence-corrected chi connectivity index (χ3v) is 4.45. The van der Waals surface area contributed by atoms with Crippen LogP contribution in [0.2, 0.25) is 0 Å². The van der Waals surface area contributed by atoms with Gasteiger partial charge in [0, 0.05) is 23.2 Å². The maximum absolute atomic E-state index is 12.4. The minimum Gasteiger partial charge on any atom is -0.444 e. The first-order valence-corrected chi connectivity index (χ1v) is 10.8. The van der Waals surface area contributed by atoms with Crippen molar-refractivity contribution in [2.24, 2.45) is 4.99 Å². The van der Waals surface area contributed by atoms with E-state index in [1.54, 1.807) is 6.26 Å². The highest BCUT2D eigenvalue weighted by Gasteiger charge is 2.15. The van der Waals surface area contributed by atoms with Crippen molar-refractivity contribution in [1.82, 2.24) is 20.9 Å². The number of halogens is 1. The lowest BCUT2D eigenvalue weighted by Gasteiger charge is -2.20. The summed E-state index contributed by atoms with van der Waals surface area (Å²) in [7, 11) is 0. The molecule has 0 saturated heterocycles. The molecule has 176 valence electrons. The van der Waals surface area contributed by atoms with Crippen LogP contribution in [0.25, 0.3) is 11.5 Å². The van der Waals surface area contributed by atoms with Crippen LogP contribution in [0.5, 0.6) is 0 Å². The topological polar surface area (TPSA) is 91.5 Å². The number of aliphatic imine (C=N–C) groups is 1. The van der Waals surface area contributed by atoms with E-state index in [4.69, 9.17) is 4.42 Å². The molecule has 0 aliphatic rings. The zero-order valence-corrected chi connectivity index (χ0v) is 21.8. The fourth-order valence-electron chi connectivity index (χ4n) is 3.01. The molecule has 0 aliphatic heterocycles. The third kappa shape index (κ3) is 8.53. The summed E-state index contributed by atoms with van der Waals surface area (Å²) in [5, 5.41) is 9.49. The molecule has 1 aromatic heterocycles. The summed E-state index contributed by atoms with van der Waals surface area (Å²) in [6, 6.07) is 17.3. The summed E-state index contributed by atoms with van der Waals surface area (Å²) in [6.45, 7) is 9.56. The maximum atomic E-state index is 12.4. The van der Waals surface area contributed by atoms with Crippen molar-refractivity contribution in [3.8, 4) is 11.5 Å². The molecule has 1 amide bonds. The van der Waals surface area contributed by atoms with Crippen molar-refractivity contribution in [3.63, 3.8) is 0 Å². The van der Waals surface area contributed by atoms with E-state index in [9.17, 15) is 4.79 Å². The Balaban J connectivity index is 0.00000385. The number of nitrogens with zero attached hydrogens (tertiary/aromatic N) is 2. The van der Waals surface area contributed by atoms with Crippen LogP contribution in [0.15, 0.2) is 70.3 Å². The normalized spacial score (nSPS) is 11.5. The summed E-state index contributed by atoms with van der Waals surface area (Å²) in [6.07, 6.45) is 1.65. The van der Waals surface area contributed by atoms with Crippen molar-refractivity contribution in [3.05, 3.63) is 77.7 Å². The van der Waals surface area contributed by atoms with Gasteiger partial charge in [0.1, 0.15) is 6.26 Å². The summed E-state index contributed by atoms with van der Waals surface area (Å²) in [5.41, 5.74) is 3.03. The molecule has 3 aromatic rings. The zero-order chi connectivity index (χ0) is 23.0. The first-order chi connectivity index (χ1) is 15.3. The van der Waals surface area contributed by atoms with Crippen molar-refractivity contribution >= 4 is 35.8 Å². The number of guanidine groups is 1. The van der Waals surface area contributed by atoms with Gasteiger partial charge in [-0.25, -0.2) is 9.98 Å². The van der Waals surface area contributed by atoms with Gasteiger partial charge in [-0.15, -0.1) is 24.0 Å². The number of hydrogen-bond donors (Lipinski definition) is 3. The van der Waals surface area contributed by atoms with Crippen molar-refractivity contribution in [2.45, 2.75) is 46.3 Å². The molecular weight excluding hydrogens is 529 g/mol. The minimum absolute atomic E-state index is 0. The van der Waals surface area contributed by atoms with Gasteiger partial charge in [-0.1, -0.05) is 30.3 Å². The van der Waals surface area contributed by atoms with E-state index in [0.717, 1.165) is 23.4 Å². The minimum atomic E-state index is -0.283. The largest absolute Gasteiger partial charge is 0.444 e. The Morgan fingerprint density at radius 3 is 2.52 bits per heavy atom. The second kappa shape index (κ2) is 12.4. The fourth-order valence-corrected chi connectivity index (χ4v) is 3.01. The molecule has 3 rings (SSSR count). The number of amides is 1. The maximum Gasteiger partial charge on any atom is 0.251 e. The van der Waals surface area contributed by atoms with E-state index < -0.39 is 0 Å². The van der Waals surface area contributed by atoms with Gasteiger partial charge in [0.25, 0.3) is 5.91 Å². The van der Waals surface area contributed by atoms with Crippen LogP contribution in [0.3, 0.4) is 0 Å². The van der Waals surface area contributed by atoms with E-state index >= 15 is 0 Å². The Bertz CT molecular complexity index is 1060. The molecule has 0 saturated carbocycles. The molecule has 7 nitrogen and oxygen atoms in total. The quantitative estimate of drug-likeness (QED) is 0.220. The monoisotopic (exact) mass is 561 g/mol. The number of carbonyl (C=O) groups is 1. The van der Waals surface area contributed by atoms with Crippen LogP contribution >= 0.6 is 24.0 Å². The number of nitrogens with one attached hydrogen (secondary N) is 3. The summed E-state index contributed by atoms with van der Waals surface area (Å²) < 4.78 is 5.59. The molecule has 3 N–H and O–H groups in total. The van der Waals surface area contributed by atoms with Crippen molar-refractivity contribution in [1.29, 1.82) is 0 Å². The first-order valence-electron chi connectivity index (χ1n) is 10.8. The lowest BCUT2D eigenvalue weighted by atomic mass is 10.1. The lowest BCUT2D eigenvalue weighted by Crippen LogP contribution is -2.40. The average Bonchev–Trinajstić information content (AvgIpc) is 3.24.